The van der Waals surface area contributed by atoms with Gasteiger partial charge in [-0.15, -0.1) is 0 Å². The van der Waals surface area contributed by atoms with Gasteiger partial charge in [-0.3, -0.25) is 0 Å². The van der Waals surface area contributed by atoms with Crippen LogP contribution >= 0.6 is 0 Å². The molecule has 2 aliphatic rings. The second-order valence-electron chi connectivity index (χ2n) is 7.15. The maximum absolute atomic E-state index is 13.1. The van der Waals surface area contributed by atoms with E-state index >= 15 is 0 Å². The fraction of sp³-hybridized carbons (Fsp3) is 0.400. The number of hydrogen-bond acceptors (Lipinski definition) is 4. The normalized spacial score (nSPS) is 23.0. The van der Waals surface area contributed by atoms with Gasteiger partial charge in [-0.25, -0.2) is 8.42 Å². The SMILES string of the molecule is Cc1cccc(S(=O)(=O)c2ccc3c(c2)[C@@H]2CCNCC[C@H]2N3C)c1. The van der Waals surface area contributed by atoms with E-state index in [9.17, 15) is 8.42 Å². The highest BCUT2D eigenvalue weighted by Crippen LogP contribution is 2.44. The molecule has 0 aromatic heterocycles. The number of nitrogens with zero attached hydrogens (tertiary/aromatic N) is 1. The van der Waals surface area contributed by atoms with E-state index in [2.05, 4.69) is 17.3 Å². The Balaban J connectivity index is 1.78. The minimum atomic E-state index is -3.48. The minimum absolute atomic E-state index is 0.373. The Morgan fingerprint density at radius 3 is 2.60 bits per heavy atom. The molecule has 0 spiro atoms. The standard InChI is InChI=1S/C20H24N2O2S/c1-14-4-3-5-15(12-14)25(23,24)16-6-7-19-18(13-16)17-8-10-21-11-9-20(17)22(19)2/h3-7,12-13,17,20-21H,8-11H2,1-2H3/t17-,20+/m0/s1. The molecule has 5 heteroatoms. The summed E-state index contributed by atoms with van der Waals surface area (Å²) in [5.41, 5.74) is 3.32. The molecule has 0 unspecified atom stereocenters. The van der Waals surface area contributed by atoms with Crippen molar-refractivity contribution < 1.29 is 8.42 Å². The van der Waals surface area contributed by atoms with Gasteiger partial charge < -0.3 is 10.2 Å². The highest BCUT2D eigenvalue weighted by molar-refractivity contribution is 7.91. The van der Waals surface area contributed by atoms with E-state index in [-0.39, 0.29) is 0 Å². The van der Waals surface area contributed by atoms with Crippen LogP contribution in [0.15, 0.2) is 52.3 Å². The summed E-state index contributed by atoms with van der Waals surface area (Å²) >= 11 is 0. The van der Waals surface area contributed by atoms with Crippen LogP contribution in [0.4, 0.5) is 5.69 Å². The molecular weight excluding hydrogens is 332 g/mol. The third-order valence-corrected chi connectivity index (χ3v) is 7.35. The highest BCUT2D eigenvalue weighted by Gasteiger charge is 2.37. The molecule has 2 aromatic rings. The van der Waals surface area contributed by atoms with E-state index in [0.29, 0.717) is 21.8 Å². The van der Waals surface area contributed by atoms with E-state index < -0.39 is 9.84 Å². The molecular formula is C20H24N2O2S. The Bertz CT molecular complexity index is 908. The van der Waals surface area contributed by atoms with Crippen LogP contribution in [0.1, 0.15) is 29.9 Å². The fourth-order valence-corrected chi connectivity index (χ4v) is 5.67. The maximum Gasteiger partial charge on any atom is 0.206 e. The van der Waals surface area contributed by atoms with Crippen LogP contribution in [-0.4, -0.2) is 34.6 Å². The monoisotopic (exact) mass is 356 g/mol. The van der Waals surface area contributed by atoms with Crippen molar-refractivity contribution in [2.45, 2.75) is 41.5 Å². The fourth-order valence-electron chi connectivity index (χ4n) is 4.27. The van der Waals surface area contributed by atoms with Gasteiger partial charge in [-0.2, -0.15) is 0 Å². The molecule has 1 N–H and O–H groups in total. The highest BCUT2D eigenvalue weighted by atomic mass is 32.2. The minimum Gasteiger partial charge on any atom is -0.371 e. The molecule has 0 saturated carbocycles. The molecule has 132 valence electrons. The molecule has 0 bridgehead atoms. The van der Waals surface area contributed by atoms with Gasteiger partial charge in [0.15, 0.2) is 0 Å². The number of nitrogens with one attached hydrogen (secondary N) is 1. The van der Waals surface area contributed by atoms with E-state index in [1.165, 1.54) is 11.3 Å². The van der Waals surface area contributed by atoms with Crippen molar-refractivity contribution in [3.8, 4) is 0 Å². The molecule has 0 radical (unpaired) electrons. The van der Waals surface area contributed by atoms with Gasteiger partial charge in [0.05, 0.1) is 9.79 Å². The lowest BCUT2D eigenvalue weighted by atomic mass is 9.91. The summed E-state index contributed by atoms with van der Waals surface area (Å²) in [6.45, 7) is 3.93. The molecule has 1 fully saturated rings. The first-order chi connectivity index (χ1) is 12.0. The zero-order valence-electron chi connectivity index (χ0n) is 14.7. The van der Waals surface area contributed by atoms with Crippen LogP contribution in [0.25, 0.3) is 0 Å². The molecule has 25 heavy (non-hydrogen) atoms. The van der Waals surface area contributed by atoms with Crippen molar-refractivity contribution in [2.24, 2.45) is 0 Å². The Morgan fingerprint density at radius 2 is 1.80 bits per heavy atom. The van der Waals surface area contributed by atoms with Crippen LogP contribution in [0.2, 0.25) is 0 Å². The Hall–Kier alpha value is -1.85. The van der Waals surface area contributed by atoms with E-state index in [1.54, 1.807) is 24.3 Å². The maximum atomic E-state index is 13.1. The zero-order chi connectivity index (χ0) is 17.6. The van der Waals surface area contributed by atoms with Crippen molar-refractivity contribution in [1.82, 2.24) is 5.32 Å². The first-order valence-electron chi connectivity index (χ1n) is 8.88. The molecule has 4 nitrogen and oxygen atoms in total. The molecule has 2 aliphatic heterocycles. The molecule has 2 heterocycles. The second kappa shape index (κ2) is 6.15. The molecule has 4 rings (SSSR count). The first-order valence-corrected chi connectivity index (χ1v) is 10.4. The predicted molar refractivity (Wildman–Crippen MR) is 100 cm³/mol. The quantitative estimate of drug-likeness (QED) is 0.898. The van der Waals surface area contributed by atoms with Gasteiger partial charge in [0.1, 0.15) is 0 Å². The number of rotatable bonds is 2. The average molecular weight is 356 g/mol. The summed E-state index contributed by atoms with van der Waals surface area (Å²) in [6, 6.07) is 13.3. The molecule has 1 saturated heterocycles. The lowest BCUT2D eigenvalue weighted by Crippen LogP contribution is -2.30. The van der Waals surface area contributed by atoms with Crippen LogP contribution in [0.3, 0.4) is 0 Å². The number of likely N-dealkylation sites (N-methyl/N-ethyl adjacent to an activating group) is 1. The second-order valence-corrected chi connectivity index (χ2v) is 9.10. The van der Waals surface area contributed by atoms with Gasteiger partial charge in [0.25, 0.3) is 0 Å². The molecule has 0 amide bonds. The largest absolute Gasteiger partial charge is 0.371 e. The van der Waals surface area contributed by atoms with Crippen molar-refractivity contribution >= 4 is 15.5 Å². The summed E-state index contributed by atoms with van der Waals surface area (Å²) in [7, 11) is -1.35. The third-order valence-electron chi connectivity index (χ3n) is 5.60. The van der Waals surface area contributed by atoms with E-state index in [4.69, 9.17) is 0 Å². The first kappa shape index (κ1) is 16.6. The van der Waals surface area contributed by atoms with Crippen molar-refractivity contribution in [3.05, 3.63) is 53.6 Å². The summed E-state index contributed by atoms with van der Waals surface area (Å²) < 4.78 is 26.1. The van der Waals surface area contributed by atoms with Crippen molar-refractivity contribution in [2.75, 3.05) is 25.0 Å². The summed E-state index contributed by atoms with van der Waals surface area (Å²) in [5.74, 6) is 0.405. The van der Waals surface area contributed by atoms with Crippen LogP contribution in [-0.2, 0) is 9.84 Å². The molecule has 0 aliphatic carbocycles. The predicted octanol–water partition coefficient (Wildman–Crippen LogP) is 3.11. The summed E-state index contributed by atoms with van der Waals surface area (Å²) in [4.78, 5) is 3.11. The van der Waals surface area contributed by atoms with E-state index in [0.717, 1.165) is 31.5 Å². The average Bonchev–Trinajstić information content (AvgIpc) is 2.77. The number of anilines is 1. The van der Waals surface area contributed by atoms with Crippen LogP contribution < -0.4 is 10.2 Å². The Morgan fingerprint density at radius 1 is 1.04 bits per heavy atom. The number of hydrogen-bond donors (Lipinski definition) is 1. The lowest BCUT2D eigenvalue weighted by molar-refractivity contribution is 0.531. The summed E-state index contributed by atoms with van der Waals surface area (Å²) in [5, 5.41) is 3.46. The Labute approximate surface area is 149 Å². The Kier molecular flexibility index (Phi) is 4.08. The zero-order valence-corrected chi connectivity index (χ0v) is 15.5. The smallest absolute Gasteiger partial charge is 0.206 e. The van der Waals surface area contributed by atoms with Crippen LogP contribution in [0, 0.1) is 6.92 Å². The van der Waals surface area contributed by atoms with Gasteiger partial charge in [0.2, 0.25) is 9.84 Å². The van der Waals surface area contributed by atoms with Crippen molar-refractivity contribution in [1.29, 1.82) is 0 Å². The number of aryl methyl sites for hydroxylation is 1. The topological polar surface area (TPSA) is 49.4 Å². The summed E-state index contributed by atoms with van der Waals surface area (Å²) in [6.07, 6.45) is 2.14. The lowest BCUT2D eigenvalue weighted by Gasteiger charge is -2.24. The van der Waals surface area contributed by atoms with Gasteiger partial charge >= 0.3 is 0 Å². The molecule has 2 aromatic carbocycles. The number of benzene rings is 2. The van der Waals surface area contributed by atoms with Crippen molar-refractivity contribution in [3.63, 3.8) is 0 Å². The van der Waals surface area contributed by atoms with Gasteiger partial charge in [-0.1, -0.05) is 12.1 Å². The van der Waals surface area contributed by atoms with Crippen LogP contribution in [0.5, 0.6) is 0 Å². The van der Waals surface area contributed by atoms with Gasteiger partial charge in [-0.05, 0) is 74.3 Å². The number of sulfone groups is 1. The third kappa shape index (κ3) is 2.75. The van der Waals surface area contributed by atoms with E-state index in [1.807, 2.05) is 25.1 Å². The number of fused-ring (bicyclic) bond motifs is 3. The van der Waals surface area contributed by atoms with Gasteiger partial charge in [0, 0.05) is 24.7 Å². The molecule has 2 atom stereocenters.